The van der Waals surface area contributed by atoms with Crippen LogP contribution in [0.3, 0.4) is 0 Å². The van der Waals surface area contributed by atoms with Crippen molar-refractivity contribution in [3.63, 3.8) is 0 Å². The van der Waals surface area contributed by atoms with Gasteiger partial charge >= 0.3 is 5.97 Å². The predicted molar refractivity (Wildman–Crippen MR) is 71.9 cm³/mol. The Kier molecular flexibility index (Phi) is 5.01. The summed E-state index contributed by atoms with van der Waals surface area (Å²) in [5.74, 6) is 0.515. The number of hydrogen-bond donors (Lipinski definition) is 1. The average molecular weight is 251 g/mol. The summed E-state index contributed by atoms with van der Waals surface area (Å²) < 4.78 is 10.1. The number of nitrogens with one attached hydrogen (secondary N) is 1. The molecule has 0 fully saturated rings. The zero-order chi connectivity index (χ0) is 13.6. The van der Waals surface area contributed by atoms with Crippen LogP contribution >= 0.6 is 0 Å². The summed E-state index contributed by atoms with van der Waals surface area (Å²) in [5, 5.41) is 3.26. The van der Waals surface area contributed by atoms with Crippen molar-refractivity contribution < 1.29 is 14.3 Å². The topological polar surface area (TPSA) is 47.6 Å². The molecule has 0 saturated heterocycles. The molecule has 1 aromatic rings. The molecule has 18 heavy (non-hydrogen) atoms. The van der Waals surface area contributed by atoms with Gasteiger partial charge in [0.15, 0.2) is 0 Å². The highest BCUT2D eigenvalue weighted by Gasteiger charge is 2.35. The Hall–Kier alpha value is -1.71. The van der Waals surface area contributed by atoms with Crippen LogP contribution in [0.5, 0.6) is 5.75 Å². The molecule has 0 amide bonds. The molecule has 1 N–H and O–H groups in total. The van der Waals surface area contributed by atoms with Gasteiger partial charge in [0.25, 0.3) is 0 Å². The smallest absolute Gasteiger partial charge is 0.331 e. The first-order chi connectivity index (χ1) is 8.61. The summed E-state index contributed by atoms with van der Waals surface area (Å²) in [5.41, 5.74) is 0.171. The monoisotopic (exact) mass is 251 g/mol. The molecule has 0 saturated carbocycles. The molecule has 0 unspecified atom stereocenters. The Labute approximate surface area is 108 Å². The second kappa shape index (κ2) is 6.28. The second-order valence-electron chi connectivity index (χ2n) is 4.14. The highest BCUT2D eigenvalue weighted by Crippen LogP contribution is 2.26. The summed E-state index contributed by atoms with van der Waals surface area (Å²) in [6, 6.07) is 7.52. The molecule has 1 aromatic carbocycles. The van der Waals surface area contributed by atoms with Crippen molar-refractivity contribution in [1.29, 1.82) is 0 Å². The van der Waals surface area contributed by atoms with E-state index < -0.39 is 5.54 Å². The van der Waals surface area contributed by atoms with Gasteiger partial charge in [-0.05, 0) is 25.0 Å². The lowest BCUT2D eigenvalue weighted by atomic mass is 9.92. The number of benzene rings is 1. The Morgan fingerprint density at radius 1 is 1.28 bits per heavy atom. The highest BCUT2D eigenvalue weighted by atomic mass is 16.5. The largest absolute Gasteiger partial charge is 0.497 e. The number of methoxy groups -OCH3 is 2. The van der Waals surface area contributed by atoms with Crippen LogP contribution in [0.2, 0.25) is 0 Å². The first-order valence-corrected chi connectivity index (χ1v) is 6.12. The minimum absolute atomic E-state index is 0.240. The van der Waals surface area contributed by atoms with E-state index in [-0.39, 0.29) is 5.97 Å². The van der Waals surface area contributed by atoms with Gasteiger partial charge in [-0.2, -0.15) is 0 Å². The third-order valence-corrected chi connectivity index (χ3v) is 3.24. The van der Waals surface area contributed by atoms with Crippen molar-refractivity contribution in [2.24, 2.45) is 0 Å². The predicted octanol–water partition coefficient (Wildman–Crippen LogP) is 2.84. The SMILES string of the molecule is CCC(CC)(Nc1cccc(OC)c1)C(=O)OC. The molecule has 4 heteroatoms. The van der Waals surface area contributed by atoms with Gasteiger partial charge in [0.2, 0.25) is 0 Å². The summed E-state index contributed by atoms with van der Waals surface area (Å²) in [6.07, 6.45) is 1.32. The maximum Gasteiger partial charge on any atom is 0.331 e. The molecule has 0 aliphatic carbocycles. The van der Waals surface area contributed by atoms with Crippen molar-refractivity contribution in [3.8, 4) is 5.75 Å². The summed E-state index contributed by atoms with van der Waals surface area (Å²) in [4.78, 5) is 11.9. The molecule has 0 heterocycles. The Bertz CT molecular complexity index is 400. The number of hydrogen-bond acceptors (Lipinski definition) is 4. The van der Waals surface area contributed by atoms with Gasteiger partial charge in [-0.1, -0.05) is 19.9 Å². The fourth-order valence-corrected chi connectivity index (χ4v) is 1.94. The molecule has 100 valence electrons. The van der Waals surface area contributed by atoms with Gasteiger partial charge in [0.05, 0.1) is 14.2 Å². The van der Waals surface area contributed by atoms with E-state index in [1.165, 1.54) is 7.11 Å². The molecular weight excluding hydrogens is 230 g/mol. The summed E-state index contributed by atoms with van der Waals surface area (Å²) in [6.45, 7) is 3.93. The van der Waals surface area contributed by atoms with Crippen molar-refractivity contribution in [2.45, 2.75) is 32.2 Å². The minimum atomic E-state index is -0.679. The van der Waals surface area contributed by atoms with Crippen LogP contribution in [0.4, 0.5) is 5.69 Å². The molecule has 0 bridgehead atoms. The van der Waals surface area contributed by atoms with Gasteiger partial charge in [-0.3, -0.25) is 0 Å². The van der Waals surface area contributed by atoms with E-state index in [0.717, 1.165) is 11.4 Å². The molecule has 0 radical (unpaired) electrons. The molecule has 0 aliphatic rings. The van der Waals surface area contributed by atoms with E-state index in [0.29, 0.717) is 12.8 Å². The van der Waals surface area contributed by atoms with E-state index in [4.69, 9.17) is 9.47 Å². The first kappa shape index (κ1) is 14.4. The van der Waals surface area contributed by atoms with E-state index in [9.17, 15) is 4.79 Å². The van der Waals surface area contributed by atoms with Crippen molar-refractivity contribution >= 4 is 11.7 Å². The van der Waals surface area contributed by atoms with E-state index >= 15 is 0 Å². The molecule has 0 spiro atoms. The number of carbonyl (C=O) groups excluding carboxylic acids is 1. The summed E-state index contributed by atoms with van der Waals surface area (Å²) in [7, 11) is 3.03. The van der Waals surface area contributed by atoms with Crippen LogP contribution in [0.1, 0.15) is 26.7 Å². The number of carbonyl (C=O) groups is 1. The van der Waals surface area contributed by atoms with E-state index in [2.05, 4.69) is 5.32 Å². The number of ether oxygens (including phenoxy) is 2. The van der Waals surface area contributed by atoms with Gasteiger partial charge in [0, 0.05) is 11.8 Å². The third-order valence-electron chi connectivity index (χ3n) is 3.24. The number of anilines is 1. The molecule has 0 aliphatic heterocycles. The fraction of sp³-hybridized carbons (Fsp3) is 0.500. The van der Waals surface area contributed by atoms with Gasteiger partial charge in [-0.15, -0.1) is 0 Å². The van der Waals surface area contributed by atoms with Gasteiger partial charge in [-0.25, -0.2) is 4.79 Å². The van der Waals surface area contributed by atoms with Crippen LogP contribution in [0, 0.1) is 0 Å². The van der Waals surface area contributed by atoms with Gasteiger partial charge in [0.1, 0.15) is 11.3 Å². The van der Waals surface area contributed by atoms with Gasteiger partial charge < -0.3 is 14.8 Å². The zero-order valence-corrected chi connectivity index (χ0v) is 11.4. The molecule has 1 rings (SSSR count). The first-order valence-electron chi connectivity index (χ1n) is 6.12. The lowest BCUT2D eigenvalue weighted by Crippen LogP contribution is -2.46. The second-order valence-corrected chi connectivity index (χ2v) is 4.14. The minimum Gasteiger partial charge on any atom is -0.497 e. The standard InChI is InChI=1S/C14H21NO3/c1-5-14(6-2,13(16)18-4)15-11-8-7-9-12(10-11)17-3/h7-10,15H,5-6H2,1-4H3. The Morgan fingerprint density at radius 3 is 2.44 bits per heavy atom. The molecule has 0 atom stereocenters. The molecule has 0 aromatic heterocycles. The van der Waals surface area contributed by atoms with Crippen LogP contribution in [-0.2, 0) is 9.53 Å². The maximum absolute atomic E-state index is 11.9. The number of rotatable bonds is 6. The highest BCUT2D eigenvalue weighted by molar-refractivity contribution is 5.84. The third kappa shape index (κ3) is 2.94. The van der Waals surface area contributed by atoms with Crippen molar-refractivity contribution in [2.75, 3.05) is 19.5 Å². The molecule has 4 nitrogen and oxygen atoms in total. The average Bonchev–Trinajstić information content (AvgIpc) is 2.44. The lowest BCUT2D eigenvalue weighted by Gasteiger charge is -2.30. The van der Waals surface area contributed by atoms with Crippen LogP contribution in [-0.4, -0.2) is 25.7 Å². The maximum atomic E-state index is 11.9. The van der Waals surface area contributed by atoms with Crippen LogP contribution in [0.15, 0.2) is 24.3 Å². The van der Waals surface area contributed by atoms with Crippen molar-refractivity contribution in [3.05, 3.63) is 24.3 Å². The fourth-order valence-electron chi connectivity index (χ4n) is 1.94. The zero-order valence-electron chi connectivity index (χ0n) is 11.4. The summed E-state index contributed by atoms with van der Waals surface area (Å²) >= 11 is 0. The Morgan fingerprint density at radius 2 is 1.94 bits per heavy atom. The molecular formula is C14H21NO3. The van der Waals surface area contributed by atoms with Crippen molar-refractivity contribution in [1.82, 2.24) is 0 Å². The van der Waals surface area contributed by atoms with Crippen LogP contribution < -0.4 is 10.1 Å². The lowest BCUT2D eigenvalue weighted by molar-refractivity contribution is -0.146. The van der Waals surface area contributed by atoms with Crippen LogP contribution in [0.25, 0.3) is 0 Å². The number of esters is 1. The normalized spacial score (nSPS) is 10.9. The quantitative estimate of drug-likeness (QED) is 0.790. The Balaban J connectivity index is 2.99. The van der Waals surface area contributed by atoms with E-state index in [1.54, 1.807) is 7.11 Å². The van der Waals surface area contributed by atoms with E-state index in [1.807, 2.05) is 38.1 Å².